The van der Waals surface area contributed by atoms with Gasteiger partial charge in [0.05, 0.1) is 10.7 Å². The SMILES string of the molecule is C=C/C=C(\C)C(C)CNC(=C)N/C(C)=C/C(=C)S(=O)(=O)N1CCCN(C)CC1. The van der Waals surface area contributed by atoms with Crippen molar-refractivity contribution in [3.8, 4) is 0 Å². The summed E-state index contributed by atoms with van der Waals surface area (Å²) in [5, 5.41) is 6.32. The maximum Gasteiger partial charge on any atom is 0.242 e. The Morgan fingerprint density at radius 2 is 1.86 bits per heavy atom. The molecule has 0 aromatic carbocycles. The highest BCUT2D eigenvalue weighted by Crippen LogP contribution is 2.16. The molecule has 6 nitrogen and oxygen atoms in total. The van der Waals surface area contributed by atoms with Crippen LogP contribution < -0.4 is 10.6 Å². The summed E-state index contributed by atoms with van der Waals surface area (Å²) in [6.07, 6.45) is 6.15. The third-order valence-corrected chi connectivity index (χ3v) is 6.68. The third kappa shape index (κ3) is 7.66. The van der Waals surface area contributed by atoms with Crippen molar-refractivity contribution in [2.75, 3.05) is 39.8 Å². The van der Waals surface area contributed by atoms with Gasteiger partial charge in [0.15, 0.2) is 0 Å². The van der Waals surface area contributed by atoms with Gasteiger partial charge < -0.3 is 15.5 Å². The largest absolute Gasteiger partial charge is 0.372 e. The van der Waals surface area contributed by atoms with E-state index in [4.69, 9.17) is 0 Å². The Morgan fingerprint density at radius 1 is 1.18 bits per heavy atom. The predicted molar refractivity (Wildman–Crippen MR) is 119 cm³/mol. The normalized spacial score (nSPS) is 18.9. The van der Waals surface area contributed by atoms with E-state index in [1.54, 1.807) is 19.1 Å². The van der Waals surface area contributed by atoms with Gasteiger partial charge in [-0.05, 0) is 45.9 Å². The molecule has 1 saturated heterocycles. The predicted octanol–water partition coefficient (Wildman–Crippen LogP) is 2.79. The van der Waals surface area contributed by atoms with Gasteiger partial charge in [-0.15, -0.1) is 0 Å². The van der Waals surface area contributed by atoms with Gasteiger partial charge in [-0.1, -0.05) is 44.4 Å². The maximum absolute atomic E-state index is 12.8. The van der Waals surface area contributed by atoms with Gasteiger partial charge in [-0.3, -0.25) is 0 Å². The van der Waals surface area contributed by atoms with Crippen molar-refractivity contribution >= 4 is 10.0 Å². The highest BCUT2D eigenvalue weighted by atomic mass is 32.2. The zero-order chi connectivity index (χ0) is 21.3. The van der Waals surface area contributed by atoms with Gasteiger partial charge in [-0.25, -0.2) is 8.42 Å². The minimum absolute atomic E-state index is 0.0907. The first kappa shape index (κ1) is 24.2. The molecular formula is C21H36N4O2S. The number of likely N-dealkylation sites (N-methyl/N-ethyl adjacent to an activating group) is 1. The number of allylic oxidation sites excluding steroid dienone is 4. The maximum atomic E-state index is 12.8. The Balaban J connectivity index is 2.63. The molecule has 0 radical (unpaired) electrons. The van der Waals surface area contributed by atoms with Crippen molar-refractivity contribution in [2.24, 2.45) is 5.92 Å². The average molecular weight is 409 g/mol. The van der Waals surface area contributed by atoms with Crippen molar-refractivity contribution in [3.05, 3.63) is 60.0 Å². The minimum Gasteiger partial charge on any atom is -0.372 e. The Kier molecular flexibility index (Phi) is 9.72. The second kappa shape index (κ2) is 11.2. The molecule has 1 heterocycles. The molecule has 0 aromatic heterocycles. The zero-order valence-corrected chi connectivity index (χ0v) is 18.6. The van der Waals surface area contributed by atoms with Gasteiger partial charge >= 0.3 is 0 Å². The van der Waals surface area contributed by atoms with Crippen molar-refractivity contribution in [1.29, 1.82) is 0 Å². The molecular weight excluding hydrogens is 372 g/mol. The minimum atomic E-state index is -3.55. The Morgan fingerprint density at radius 3 is 2.50 bits per heavy atom. The molecule has 1 rings (SSSR count). The first-order valence-electron chi connectivity index (χ1n) is 9.62. The molecule has 0 saturated carbocycles. The van der Waals surface area contributed by atoms with Crippen LogP contribution in [0.4, 0.5) is 0 Å². The molecule has 0 spiro atoms. The number of nitrogens with one attached hydrogen (secondary N) is 2. The first-order valence-corrected chi connectivity index (χ1v) is 11.1. The summed E-state index contributed by atoms with van der Waals surface area (Å²) in [6, 6.07) is 0. The molecule has 2 N–H and O–H groups in total. The summed E-state index contributed by atoms with van der Waals surface area (Å²) in [4.78, 5) is 2.23. The fourth-order valence-electron chi connectivity index (χ4n) is 2.85. The van der Waals surface area contributed by atoms with Crippen LogP contribution >= 0.6 is 0 Å². The summed E-state index contributed by atoms with van der Waals surface area (Å²) in [5.41, 5.74) is 1.90. The van der Waals surface area contributed by atoms with E-state index in [9.17, 15) is 8.42 Å². The van der Waals surface area contributed by atoms with Crippen LogP contribution in [-0.2, 0) is 10.0 Å². The second-order valence-corrected chi connectivity index (χ2v) is 9.38. The fraction of sp³-hybridized carbons (Fsp3) is 0.524. The number of rotatable bonds is 10. The lowest BCUT2D eigenvalue weighted by Gasteiger charge is -2.21. The number of nitrogens with zero attached hydrogens (tertiary/aromatic N) is 2. The molecule has 0 aliphatic carbocycles. The highest BCUT2D eigenvalue weighted by molar-refractivity contribution is 7.93. The number of hydrogen-bond acceptors (Lipinski definition) is 5. The Labute approximate surface area is 171 Å². The van der Waals surface area contributed by atoms with Crippen LogP contribution in [0.1, 0.15) is 27.2 Å². The van der Waals surface area contributed by atoms with Crippen molar-refractivity contribution in [1.82, 2.24) is 19.8 Å². The summed E-state index contributed by atoms with van der Waals surface area (Å²) >= 11 is 0. The van der Waals surface area contributed by atoms with E-state index in [1.165, 1.54) is 9.88 Å². The summed E-state index contributed by atoms with van der Waals surface area (Å²) in [7, 11) is -1.55. The van der Waals surface area contributed by atoms with E-state index in [0.717, 1.165) is 26.1 Å². The van der Waals surface area contributed by atoms with Crippen molar-refractivity contribution in [3.63, 3.8) is 0 Å². The molecule has 7 heteroatoms. The quantitative estimate of drug-likeness (QED) is 0.544. The van der Waals surface area contributed by atoms with E-state index >= 15 is 0 Å². The molecule has 1 atom stereocenters. The average Bonchev–Trinajstić information content (AvgIpc) is 2.84. The monoisotopic (exact) mass is 408 g/mol. The number of hydrogen-bond donors (Lipinski definition) is 2. The van der Waals surface area contributed by atoms with Gasteiger partial charge in [0, 0.05) is 31.9 Å². The van der Waals surface area contributed by atoms with E-state index in [0.29, 0.717) is 30.5 Å². The zero-order valence-electron chi connectivity index (χ0n) is 17.8. The lowest BCUT2D eigenvalue weighted by molar-refractivity contribution is 0.347. The number of sulfonamides is 1. The van der Waals surface area contributed by atoms with Crippen LogP contribution in [0.15, 0.2) is 60.0 Å². The highest BCUT2D eigenvalue weighted by Gasteiger charge is 2.26. The molecule has 0 bridgehead atoms. The van der Waals surface area contributed by atoms with Gasteiger partial charge in [0.1, 0.15) is 0 Å². The van der Waals surface area contributed by atoms with Gasteiger partial charge in [0.2, 0.25) is 10.0 Å². The van der Waals surface area contributed by atoms with Crippen LogP contribution in [0.25, 0.3) is 0 Å². The van der Waals surface area contributed by atoms with Gasteiger partial charge in [0.25, 0.3) is 0 Å². The summed E-state index contributed by atoms with van der Waals surface area (Å²) in [5.74, 6) is 0.950. The molecule has 1 aliphatic heterocycles. The van der Waals surface area contributed by atoms with Crippen LogP contribution in [0.2, 0.25) is 0 Å². The molecule has 0 aromatic rings. The molecule has 0 amide bonds. The van der Waals surface area contributed by atoms with Crippen molar-refractivity contribution in [2.45, 2.75) is 27.2 Å². The standard InChI is InChI=1S/C21H36N4O2S/c1-8-10-17(2)18(3)16-22-21(6)23-19(4)15-20(5)28(26,27)25-12-9-11-24(7)13-14-25/h8,10,15,18,22-23H,1,5-6,9,11-14,16H2,2-4,7H3/b17-10+,19-15+. The second-order valence-electron chi connectivity index (χ2n) is 7.39. The molecule has 1 aliphatic rings. The van der Waals surface area contributed by atoms with Crippen LogP contribution in [0, 0.1) is 5.92 Å². The smallest absolute Gasteiger partial charge is 0.242 e. The van der Waals surface area contributed by atoms with Crippen LogP contribution in [0.3, 0.4) is 0 Å². The van der Waals surface area contributed by atoms with E-state index < -0.39 is 10.0 Å². The topological polar surface area (TPSA) is 64.7 Å². The third-order valence-electron chi connectivity index (χ3n) is 4.85. The van der Waals surface area contributed by atoms with E-state index in [1.807, 2.05) is 13.1 Å². The Hall–Kier alpha value is -1.83. The van der Waals surface area contributed by atoms with E-state index in [-0.39, 0.29) is 4.91 Å². The fourth-order valence-corrected chi connectivity index (χ4v) is 4.20. The van der Waals surface area contributed by atoms with Crippen LogP contribution in [0.5, 0.6) is 0 Å². The first-order chi connectivity index (χ1) is 13.1. The summed E-state index contributed by atoms with van der Waals surface area (Å²) in [6.45, 7) is 20.8. The Bertz CT molecular complexity index is 738. The molecule has 28 heavy (non-hydrogen) atoms. The molecule has 1 fully saturated rings. The van der Waals surface area contributed by atoms with Crippen LogP contribution in [-0.4, -0.2) is 57.4 Å². The molecule has 158 valence electrons. The van der Waals surface area contributed by atoms with E-state index in [2.05, 4.69) is 49.1 Å². The van der Waals surface area contributed by atoms with Crippen molar-refractivity contribution < 1.29 is 8.42 Å². The van der Waals surface area contributed by atoms with Gasteiger partial charge in [-0.2, -0.15) is 4.31 Å². The lowest BCUT2D eigenvalue weighted by Crippen LogP contribution is -2.35. The molecule has 1 unspecified atom stereocenters. The summed E-state index contributed by atoms with van der Waals surface area (Å²) < 4.78 is 27.1. The lowest BCUT2D eigenvalue weighted by atomic mass is 10.0.